The minimum absolute atomic E-state index is 0.106. The average Bonchev–Trinajstić information content (AvgIpc) is 2.36. The number of amides is 3. The Morgan fingerprint density at radius 2 is 2.15 bits per heavy atom. The van der Waals surface area contributed by atoms with Crippen LogP contribution in [0.2, 0.25) is 5.02 Å². The summed E-state index contributed by atoms with van der Waals surface area (Å²) in [5.41, 5.74) is 4.50. The first kappa shape index (κ1) is 14.3. The van der Waals surface area contributed by atoms with Crippen LogP contribution in [0.4, 0.5) is 5.82 Å². The Morgan fingerprint density at radius 3 is 2.75 bits per heavy atom. The van der Waals surface area contributed by atoms with Crippen molar-refractivity contribution >= 4 is 35.1 Å². The van der Waals surface area contributed by atoms with E-state index in [-0.39, 0.29) is 22.9 Å². The standard InChI is InChI=1S/C12H13ClN4O3/c1-12(2)11(20)16-8(18)5-17(12)10(19)6-3-7(13)9(14)15-4-6/h3-4H,5H2,1-2H3,(H2,14,15)(H,16,18,20). The Morgan fingerprint density at radius 1 is 1.50 bits per heavy atom. The minimum Gasteiger partial charge on any atom is -0.382 e. The van der Waals surface area contributed by atoms with Gasteiger partial charge in [0.25, 0.3) is 11.8 Å². The summed E-state index contributed by atoms with van der Waals surface area (Å²) in [7, 11) is 0. The van der Waals surface area contributed by atoms with Crippen LogP contribution < -0.4 is 11.1 Å². The molecule has 1 aliphatic rings. The van der Waals surface area contributed by atoms with E-state index < -0.39 is 23.3 Å². The Hall–Kier alpha value is -2.15. The van der Waals surface area contributed by atoms with Crippen LogP contribution in [0.25, 0.3) is 0 Å². The fraction of sp³-hybridized carbons (Fsp3) is 0.333. The zero-order chi connectivity index (χ0) is 15.1. The Kier molecular flexibility index (Phi) is 3.39. The molecule has 3 N–H and O–H groups in total. The van der Waals surface area contributed by atoms with Gasteiger partial charge in [-0.15, -0.1) is 0 Å². The maximum absolute atomic E-state index is 12.4. The number of pyridine rings is 1. The second kappa shape index (κ2) is 4.75. The second-order valence-corrected chi connectivity index (χ2v) is 5.33. The van der Waals surface area contributed by atoms with Crippen molar-refractivity contribution in [1.29, 1.82) is 0 Å². The molecule has 1 aromatic heterocycles. The number of nitrogens with one attached hydrogen (secondary N) is 1. The van der Waals surface area contributed by atoms with Gasteiger partial charge in [-0.1, -0.05) is 11.6 Å². The van der Waals surface area contributed by atoms with Crippen LogP contribution in [0, 0.1) is 0 Å². The summed E-state index contributed by atoms with van der Waals surface area (Å²) in [4.78, 5) is 40.6. The molecule has 20 heavy (non-hydrogen) atoms. The van der Waals surface area contributed by atoms with Crippen molar-refractivity contribution in [2.24, 2.45) is 0 Å². The van der Waals surface area contributed by atoms with E-state index in [2.05, 4.69) is 10.3 Å². The van der Waals surface area contributed by atoms with Crippen LogP contribution in [-0.4, -0.2) is 39.7 Å². The van der Waals surface area contributed by atoms with Gasteiger partial charge >= 0.3 is 0 Å². The van der Waals surface area contributed by atoms with Crippen LogP contribution >= 0.6 is 11.6 Å². The molecule has 0 radical (unpaired) electrons. The highest BCUT2D eigenvalue weighted by molar-refractivity contribution is 6.33. The normalized spacial score (nSPS) is 17.9. The first-order chi connectivity index (χ1) is 9.23. The number of nitrogens with two attached hydrogens (primary N) is 1. The van der Waals surface area contributed by atoms with Crippen molar-refractivity contribution in [3.63, 3.8) is 0 Å². The Bertz CT molecular complexity index is 615. The van der Waals surface area contributed by atoms with E-state index in [1.54, 1.807) is 13.8 Å². The molecule has 0 bridgehead atoms. The van der Waals surface area contributed by atoms with Gasteiger partial charge in [0.2, 0.25) is 5.91 Å². The molecular formula is C12H13ClN4O3. The number of nitrogens with zero attached hydrogens (tertiary/aromatic N) is 2. The lowest BCUT2D eigenvalue weighted by molar-refractivity contribution is -0.143. The number of nitrogen functional groups attached to an aromatic ring is 1. The molecule has 0 saturated carbocycles. The van der Waals surface area contributed by atoms with Crippen molar-refractivity contribution in [3.05, 3.63) is 22.8 Å². The molecule has 7 nitrogen and oxygen atoms in total. The number of imide groups is 1. The molecule has 0 aromatic carbocycles. The molecule has 1 aromatic rings. The van der Waals surface area contributed by atoms with Crippen molar-refractivity contribution in [2.75, 3.05) is 12.3 Å². The first-order valence-corrected chi connectivity index (χ1v) is 6.18. The van der Waals surface area contributed by atoms with Gasteiger partial charge < -0.3 is 10.6 Å². The van der Waals surface area contributed by atoms with Gasteiger partial charge in [0.1, 0.15) is 17.9 Å². The molecule has 0 spiro atoms. The summed E-state index contributed by atoms with van der Waals surface area (Å²) in [5.74, 6) is -1.46. The molecule has 1 aliphatic heterocycles. The van der Waals surface area contributed by atoms with Crippen LogP contribution in [0.15, 0.2) is 12.3 Å². The van der Waals surface area contributed by atoms with E-state index in [0.717, 1.165) is 0 Å². The number of halogens is 1. The largest absolute Gasteiger partial charge is 0.382 e. The Balaban J connectivity index is 2.38. The summed E-state index contributed by atoms with van der Waals surface area (Å²) >= 11 is 5.82. The van der Waals surface area contributed by atoms with Crippen molar-refractivity contribution in [3.8, 4) is 0 Å². The number of hydrogen-bond donors (Lipinski definition) is 2. The predicted octanol–water partition coefficient (Wildman–Crippen LogP) is 0.194. The summed E-state index contributed by atoms with van der Waals surface area (Å²) in [6.07, 6.45) is 1.26. The van der Waals surface area contributed by atoms with E-state index in [1.807, 2.05) is 0 Å². The molecular weight excluding hydrogens is 284 g/mol. The van der Waals surface area contributed by atoms with Gasteiger partial charge in [-0.25, -0.2) is 4.98 Å². The van der Waals surface area contributed by atoms with Gasteiger partial charge in [-0.3, -0.25) is 19.7 Å². The van der Waals surface area contributed by atoms with Gasteiger partial charge in [0.15, 0.2) is 0 Å². The SMILES string of the molecule is CC1(C)C(=O)NC(=O)CN1C(=O)c1cnc(N)c(Cl)c1. The fourth-order valence-electron chi connectivity index (χ4n) is 1.83. The fourth-order valence-corrected chi connectivity index (χ4v) is 2.00. The lowest BCUT2D eigenvalue weighted by Crippen LogP contribution is -2.65. The van der Waals surface area contributed by atoms with Gasteiger partial charge in [0, 0.05) is 6.20 Å². The molecule has 0 aliphatic carbocycles. The van der Waals surface area contributed by atoms with E-state index in [0.29, 0.717) is 0 Å². The van der Waals surface area contributed by atoms with E-state index in [9.17, 15) is 14.4 Å². The average molecular weight is 297 g/mol. The maximum Gasteiger partial charge on any atom is 0.256 e. The van der Waals surface area contributed by atoms with Crippen LogP contribution in [-0.2, 0) is 9.59 Å². The zero-order valence-corrected chi connectivity index (χ0v) is 11.7. The summed E-state index contributed by atoms with van der Waals surface area (Å²) in [6, 6.07) is 1.36. The second-order valence-electron chi connectivity index (χ2n) is 4.92. The predicted molar refractivity (Wildman–Crippen MR) is 71.9 cm³/mol. The highest BCUT2D eigenvalue weighted by atomic mass is 35.5. The third kappa shape index (κ3) is 2.32. The maximum atomic E-state index is 12.4. The third-order valence-electron chi connectivity index (χ3n) is 3.15. The molecule has 106 valence electrons. The van der Waals surface area contributed by atoms with Crippen molar-refractivity contribution < 1.29 is 14.4 Å². The number of hydrogen-bond acceptors (Lipinski definition) is 5. The number of rotatable bonds is 1. The van der Waals surface area contributed by atoms with Crippen LogP contribution in [0.1, 0.15) is 24.2 Å². The number of carbonyl (C=O) groups is 3. The van der Waals surface area contributed by atoms with Crippen LogP contribution in [0.3, 0.4) is 0 Å². The number of anilines is 1. The van der Waals surface area contributed by atoms with E-state index in [4.69, 9.17) is 17.3 Å². The monoisotopic (exact) mass is 296 g/mol. The van der Waals surface area contributed by atoms with Crippen molar-refractivity contribution in [2.45, 2.75) is 19.4 Å². The lowest BCUT2D eigenvalue weighted by atomic mass is 9.97. The third-order valence-corrected chi connectivity index (χ3v) is 3.45. The molecule has 2 rings (SSSR count). The van der Waals surface area contributed by atoms with Gasteiger partial charge in [0.05, 0.1) is 10.6 Å². The van der Waals surface area contributed by atoms with Gasteiger partial charge in [-0.05, 0) is 19.9 Å². The van der Waals surface area contributed by atoms with E-state index >= 15 is 0 Å². The number of piperazine rings is 1. The number of aromatic nitrogens is 1. The summed E-state index contributed by atoms with van der Waals surface area (Å²) in [5, 5.41) is 2.33. The molecule has 1 saturated heterocycles. The van der Waals surface area contributed by atoms with E-state index in [1.165, 1.54) is 17.2 Å². The molecule has 1 fully saturated rings. The molecule has 0 unspecified atom stereocenters. The molecule has 8 heteroatoms. The number of carbonyl (C=O) groups excluding carboxylic acids is 3. The summed E-state index contributed by atoms with van der Waals surface area (Å²) < 4.78 is 0. The first-order valence-electron chi connectivity index (χ1n) is 5.80. The Labute approximate surface area is 120 Å². The minimum atomic E-state index is -1.14. The van der Waals surface area contributed by atoms with Crippen LogP contribution in [0.5, 0.6) is 0 Å². The topological polar surface area (TPSA) is 105 Å². The highest BCUT2D eigenvalue weighted by Gasteiger charge is 2.43. The van der Waals surface area contributed by atoms with Gasteiger partial charge in [-0.2, -0.15) is 0 Å². The molecule has 2 heterocycles. The highest BCUT2D eigenvalue weighted by Crippen LogP contribution is 2.23. The lowest BCUT2D eigenvalue weighted by Gasteiger charge is -2.40. The molecule has 0 atom stereocenters. The quantitative estimate of drug-likeness (QED) is 0.720. The zero-order valence-electron chi connectivity index (χ0n) is 10.9. The smallest absolute Gasteiger partial charge is 0.256 e. The summed E-state index contributed by atoms with van der Waals surface area (Å²) in [6.45, 7) is 2.90. The molecule has 3 amide bonds. The van der Waals surface area contributed by atoms with Crippen molar-refractivity contribution in [1.82, 2.24) is 15.2 Å².